The third kappa shape index (κ3) is 4.78. The molecule has 9 heteroatoms. The third-order valence-corrected chi connectivity index (χ3v) is 7.52. The molecule has 2 heterocycles. The molecule has 1 N–H and O–H groups in total. The second kappa shape index (κ2) is 8.79. The molecule has 1 aliphatic heterocycles. The van der Waals surface area contributed by atoms with Crippen molar-refractivity contribution < 1.29 is 13.2 Å². The molecular weight excluding hydrogens is 412 g/mol. The number of benzene rings is 1. The van der Waals surface area contributed by atoms with Gasteiger partial charge in [-0.05, 0) is 50.1 Å². The number of carbonyl (C=O) groups is 1. The number of sulfonamides is 1. The molecule has 1 atom stereocenters. The molecule has 156 valence electrons. The average molecular weight is 437 g/mol. The highest BCUT2D eigenvalue weighted by Crippen LogP contribution is 2.23. The second-order valence-electron chi connectivity index (χ2n) is 7.22. The Balaban J connectivity index is 1.64. The lowest BCUT2D eigenvalue weighted by Crippen LogP contribution is -2.54. The van der Waals surface area contributed by atoms with E-state index >= 15 is 0 Å². The summed E-state index contributed by atoms with van der Waals surface area (Å²) in [6.07, 6.45) is 1.55. The first-order valence-corrected chi connectivity index (χ1v) is 11.2. The third-order valence-electron chi connectivity index (χ3n) is 5.18. The summed E-state index contributed by atoms with van der Waals surface area (Å²) < 4.78 is 27.6. The van der Waals surface area contributed by atoms with Crippen LogP contribution in [0.25, 0.3) is 0 Å². The van der Waals surface area contributed by atoms with Crippen molar-refractivity contribution in [2.45, 2.75) is 31.7 Å². The number of rotatable bonds is 5. The molecule has 1 saturated heterocycles. The van der Waals surface area contributed by atoms with E-state index in [9.17, 15) is 13.2 Å². The average Bonchev–Trinajstić information content (AvgIpc) is 2.71. The first-order valence-electron chi connectivity index (χ1n) is 9.43. The summed E-state index contributed by atoms with van der Waals surface area (Å²) in [5, 5.41) is 3.02. The van der Waals surface area contributed by atoms with Crippen LogP contribution in [0.15, 0.2) is 41.4 Å². The number of aromatic nitrogens is 1. The maximum absolute atomic E-state index is 13.1. The van der Waals surface area contributed by atoms with Gasteiger partial charge in [-0.15, -0.1) is 0 Å². The van der Waals surface area contributed by atoms with Crippen molar-refractivity contribution in [2.24, 2.45) is 0 Å². The second-order valence-corrected chi connectivity index (χ2v) is 9.48. The minimum Gasteiger partial charge on any atom is -0.322 e. The number of hydrogen-bond acceptors (Lipinski definition) is 5. The predicted octanol–water partition coefficient (Wildman–Crippen LogP) is 2.69. The molecule has 1 amide bonds. The molecule has 0 unspecified atom stereocenters. The summed E-state index contributed by atoms with van der Waals surface area (Å²) in [5.41, 5.74) is 2.11. The number of nitrogens with zero attached hydrogens (tertiary/aromatic N) is 3. The van der Waals surface area contributed by atoms with Crippen LogP contribution in [0.5, 0.6) is 0 Å². The van der Waals surface area contributed by atoms with Gasteiger partial charge in [0.1, 0.15) is 0 Å². The zero-order valence-electron chi connectivity index (χ0n) is 16.7. The van der Waals surface area contributed by atoms with E-state index in [0.717, 1.165) is 11.1 Å². The fraction of sp³-hybridized carbons (Fsp3) is 0.400. The van der Waals surface area contributed by atoms with Gasteiger partial charge in [0.15, 0.2) is 5.15 Å². The quantitative estimate of drug-likeness (QED) is 0.728. The lowest BCUT2D eigenvalue weighted by Gasteiger charge is -2.37. The lowest BCUT2D eigenvalue weighted by molar-refractivity contribution is -0.121. The summed E-state index contributed by atoms with van der Waals surface area (Å²) in [7, 11) is -3.56. The van der Waals surface area contributed by atoms with Crippen LogP contribution in [-0.4, -0.2) is 60.7 Å². The van der Waals surface area contributed by atoms with Gasteiger partial charge in [0.25, 0.3) is 0 Å². The molecule has 3 rings (SSSR count). The Morgan fingerprint density at radius 1 is 1.17 bits per heavy atom. The Morgan fingerprint density at radius 2 is 1.86 bits per heavy atom. The summed E-state index contributed by atoms with van der Waals surface area (Å²) in [6, 6.07) is 8.41. The number of hydrogen-bond donors (Lipinski definition) is 1. The number of carbonyl (C=O) groups excluding carboxylic acids is 1. The summed E-state index contributed by atoms with van der Waals surface area (Å²) in [5.74, 6) is -0.203. The van der Waals surface area contributed by atoms with E-state index in [1.54, 1.807) is 38.2 Å². The molecule has 1 aromatic heterocycles. The first-order chi connectivity index (χ1) is 13.7. The van der Waals surface area contributed by atoms with Crippen molar-refractivity contribution >= 4 is 33.2 Å². The van der Waals surface area contributed by atoms with E-state index in [0.29, 0.717) is 36.8 Å². The van der Waals surface area contributed by atoms with E-state index in [-0.39, 0.29) is 11.1 Å². The molecule has 1 aromatic carbocycles. The highest BCUT2D eigenvalue weighted by Gasteiger charge is 2.32. The van der Waals surface area contributed by atoms with Crippen LogP contribution in [-0.2, 0) is 14.8 Å². The maximum Gasteiger partial charge on any atom is 0.243 e. The van der Waals surface area contributed by atoms with Crippen LogP contribution in [0, 0.1) is 13.8 Å². The first kappa shape index (κ1) is 21.7. The Kier molecular flexibility index (Phi) is 6.58. The van der Waals surface area contributed by atoms with Gasteiger partial charge < -0.3 is 5.32 Å². The monoisotopic (exact) mass is 436 g/mol. The van der Waals surface area contributed by atoms with E-state index < -0.39 is 16.1 Å². The van der Waals surface area contributed by atoms with E-state index in [4.69, 9.17) is 11.6 Å². The van der Waals surface area contributed by atoms with Gasteiger partial charge in [-0.25, -0.2) is 13.4 Å². The van der Waals surface area contributed by atoms with E-state index in [2.05, 4.69) is 10.3 Å². The lowest BCUT2D eigenvalue weighted by atomic mass is 10.2. The van der Waals surface area contributed by atoms with Gasteiger partial charge in [-0.2, -0.15) is 4.31 Å². The Hall–Kier alpha value is -2.00. The Morgan fingerprint density at radius 3 is 2.52 bits per heavy atom. The van der Waals surface area contributed by atoms with E-state index in [1.165, 1.54) is 4.31 Å². The SMILES string of the molecule is Cc1ccc(C)c(S(=O)(=O)N2CCN([C@H](C)C(=O)Nc3cccnc3Cl)CC2)c1. The number of amides is 1. The van der Waals surface area contributed by atoms with Gasteiger partial charge in [0.2, 0.25) is 15.9 Å². The van der Waals surface area contributed by atoms with Crippen molar-refractivity contribution in [1.29, 1.82) is 0 Å². The Bertz CT molecular complexity index is 1000. The molecule has 0 aliphatic carbocycles. The largest absolute Gasteiger partial charge is 0.322 e. The van der Waals surface area contributed by atoms with Crippen molar-refractivity contribution in [3.05, 3.63) is 52.8 Å². The molecule has 0 spiro atoms. The van der Waals surface area contributed by atoms with Crippen molar-refractivity contribution in [1.82, 2.24) is 14.2 Å². The van der Waals surface area contributed by atoms with Crippen LogP contribution in [0.4, 0.5) is 5.69 Å². The molecule has 2 aromatic rings. The molecule has 0 bridgehead atoms. The molecule has 0 saturated carbocycles. The maximum atomic E-state index is 13.1. The number of aryl methyl sites for hydroxylation is 2. The number of nitrogens with one attached hydrogen (secondary N) is 1. The molecule has 1 fully saturated rings. The normalized spacial score (nSPS) is 17.1. The fourth-order valence-electron chi connectivity index (χ4n) is 3.34. The minimum absolute atomic E-state index is 0.203. The zero-order chi connectivity index (χ0) is 21.2. The fourth-order valence-corrected chi connectivity index (χ4v) is 5.24. The number of anilines is 1. The molecule has 29 heavy (non-hydrogen) atoms. The van der Waals surface area contributed by atoms with Crippen LogP contribution in [0.1, 0.15) is 18.1 Å². The summed E-state index contributed by atoms with van der Waals surface area (Å²) in [4.78, 5) is 18.8. The summed E-state index contributed by atoms with van der Waals surface area (Å²) >= 11 is 6.00. The number of pyridine rings is 1. The smallest absolute Gasteiger partial charge is 0.243 e. The number of piperazine rings is 1. The Labute approximate surface area is 176 Å². The highest BCUT2D eigenvalue weighted by atomic mass is 35.5. The number of halogens is 1. The summed E-state index contributed by atoms with van der Waals surface area (Å²) in [6.45, 7) is 7.10. The molecule has 1 aliphatic rings. The molecular formula is C20H25ClN4O3S. The standard InChI is InChI=1S/C20H25ClN4O3S/c1-14-6-7-15(2)18(13-14)29(27,28)25-11-9-24(10-12-25)16(3)20(26)23-17-5-4-8-22-19(17)21/h4-8,13,16H,9-12H2,1-3H3,(H,23,26)/t16-/m1/s1. The van der Waals surface area contributed by atoms with Crippen molar-refractivity contribution in [3.8, 4) is 0 Å². The topological polar surface area (TPSA) is 82.6 Å². The van der Waals surface area contributed by atoms with Crippen LogP contribution >= 0.6 is 11.6 Å². The molecule has 7 nitrogen and oxygen atoms in total. The molecule has 0 radical (unpaired) electrons. The van der Waals surface area contributed by atoms with E-state index in [1.807, 2.05) is 24.0 Å². The van der Waals surface area contributed by atoms with Gasteiger partial charge in [0, 0.05) is 32.4 Å². The van der Waals surface area contributed by atoms with Gasteiger partial charge >= 0.3 is 0 Å². The zero-order valence-corrected chi connectivity index (χ0v) is 18.3. The predicted molar refractivity (Wildman–Crippen MR) is 114 cm³/mol. The van der Waals surface area contributed by atoms with Crippen molar-refractivity contribution in [2.75, 3.05) is 31.5 Å². The van der Waals surface area contributed by atoms with Gasteiger partial charge in [-0.3, -0.25) is 9.69 Å². The van der Waals surface area contributed by atoms with Gasteiger partial charge in [0.05, 0.1) is 16.6 Å². The van der Waals surface area contributed by atoms with Crippen LogP contribution < -0.4 is 5.32 Å². The van der Waals surface area contributed by atoms with Crippen molar-refractivity contribution in [3.63, 3.8) is 0 Å². The minimum atomic E-state index is -3.56. The van der Waals surface area contributed by atoms with Crippen LogP contribution in [0.3, 0.4) is 0 Å². The van der Waals surface area contributed by atoms with Gasteiger partial charge in [-0.1, -0.05) is 23.7 Å². The van der Waals surface area contributed by atoms with Crippen LogP contribution in [0.2, 0.25) is 5.15 Å². The highest BCUT2D eigenvalue weighted by molar-refractivity contribution is 7.89.